The number of phenols is 1. The lowest BCUT2D eigenvalue weighted by Crippen LogP contribution is -2.11. The molecule has 0 atom stereocenters. The summed E-state index contributed by atoms with van der Waals surface area (Å²) in [6, 6.07) is 10.8. The molecule has 0 unspecified atom stereocenters. The van der Waals surface area contributed by atoms with Crippen LogP contribution < -0.4 is 16.4 Å². The van der Waals surface area contributed by atoms with Gasteiger partial charge in [-0.3, -0.25) is 4.79 Å². The maximum Gasteiger partial charge on any atom is 0.224 e. The summed E-state index contributed by atoms with van der Waals surface area (Å²) in [5.74, 6) is 6.10. The number of unbranched alkanes of at least 4 members (excludes halogenated alkanes) is 3. The zero-order valence-corrected chi connectivity index (χ0v) is 20.8. The van der Waals surface area contributed by atoms with Gasteiger partial charge in [0.2, 0.25) is 5.91 Å². The number of aromatic nitrogens is 1. The molecule has 0 radical (unpaired) electrons. The molecule has 10 heteroatoms. The van der Waals surface area contributed by atoms with E-state index in [1.54, 1.807) is 6.07 Å². The van der Waals surface area contributed by atoms with Crippen molar-refractivity contribution in [1.82, 2.24) is 4.98 Å². The number of nitrogens with two attached hydrogens (primary N) is 1. The van der Waals surface area contributed by atoms with Gasteiger partial charge in [0, 0.05) is 28.8 Å². The molecule has 0 aliphatic heterocycles. The smallest absolute Gasteiger partial charge is 0.224 e. The second-order valence-corrected chi connectivity index (χ2v) is 11.0. The van der Waals surface area contributed by atoms with Crippen molar-refractivity contribution in [2.75, 3.05) is 28.7 Å². The Morgan fingerprint density at radius 3 is 2.74 bits per heavy atom. The summed E-state index contributed by atoms with van der Waals surface area (Å²) in [5.41, 5.74) is 8.35. The van der Waals surface area contributed by atoms with Crippen LogP contribution in [0.4, 0.5) is 16.5 Å². The van der Waals surface area contributed by atoms with Crippen LogP contribution >= 0.6 is 11.3 Å². The molecular weight excluding hydrogens is 484 g/mol. The number of thiazole rings is 1. The number of carbonyl (C=O) groups excluding carboxylic acids is 1. The van der Waals surface area contributed by atoms with Crippen molar-refractivity contribution in [2.45, 2.75) is 32.1 Å². The molecule has 0 fully saturated rings. The number of aromatic hydroxyl groups is 1. The Bertz CT molecular complexity index is 1370. The lowest BCUT2D eigenvalue weighted by atomic mass is 10.1. The molecule has 0 aliphatic carbocycles. The minimum atomic E-state index is -3.15. The first kappa shape index (κ1) is 26.1. The van der Waals surface area contributed by atoms with E-state index in [2.05, 4.69) is 34.0 Å². The van der Waals surface area contributed by atoms with Crippen molar-refractivity contribution in [2.24, 2.45) is 0 Å². The number of phenolic OH excluding ortho intramolecular Hbond substituents is 1. The standard InChI is InChI=1S/C25H28N4O4S2/c1-2-35(32,33)14-6-4-3-5-12-23(31)28-20-11-7-10-19(17-20)27-13-8-9-18-15-21(30)24-22(16-18)34-25(26)29-24/h2,7,10-11,15-17,27,30H,1,3-6,12-14H2,(H2,26,29)(H,28,31). The van der Waals surface area contributed by atoms with E-state index in [-0.39, 0.29) is 17.4 Å². The van der Waals surface area contributed by atoms with E-state index in [0.29, 0.717) is 47.7 Å². The highest BCUT2D eigenvalue weighted by molar-refractivity contribution is 7.94. The quantitative estimate of drug-likeness (QED) is 0.220. The lowest BCUT2D eigenvalue weighted by Gasteiger charge is -2.08. The Labute approximate surface area is 209 Å². The summed E-state index contributed by atoms with van der Waals surface area (Å²) in [6.45, 7) is 3.67. The molecule has 0 spiro atoms. The molecule has 2 aromatic carbocycles. The number of hydrogen-bond donors (Lipinski definition) is 4. The topological polar surface area (TPSA) is 134 Å². The van der Waals surface area contributed by atoms with Crippen LogP contribution in [0.2, 0.25) is 0 Å². The highest BCUT2D eigenvalue weighted by Gasteiger charge is 2.08. The number of nitrogens with zero attached hydrogens (tertiary/aromatic N) is 1. The monoisotopic (exact) mass is 512 g/mol. The molecule has 0 aliphatic rings. The van der Waals surface area contributed by atoms with Gasteiger partial charge in [-0.15, -0.1) is 0 Å². The van der Waals surface area contributed by atoms with Gasteiger partial charge in [-0.2, -0.15) is 0 Å². The second kappa shape index (κ2) is 12.2. The molecular formula is C25H28N4O4S2. The minimum Gasteiger partial charge on any atom is -0.506 e. The number of rotatable bonds is 11. The first-order valence-corrected chi connectivity index (χ1v) is 13.7. The molecule has 1 aromatic heterocycles. The van der Waals surface area contributed by atoms with Crippen LogP contribution in [-0.2, 0) is 14.6 Å². The number of nitrogen functional groups attached to an aromatic ring is 1. The fourth-order valence-electron chi connectivity index (χ4n) is 3.35. The molecule has 3 rings (SSSR count). The molecule has 0 bridgehead atoms. The minimum absolute atomic E-state index is 0.0526. The number of amides is 1. The van der Waals surface area contributed by atoms with Gasteiger partial charge < -0.3 is 21.5 Å². The van der Waals surface area contributed by atoms with Crippen LogP contribution in [0.15, 0.2) is 48.4 Å². The summed E-state index contributed by atoms with van der Waals surface area (Å²) < 4.78 is 23.5. The van der Waals surface area contributed by atoms with Crippen molar-refractivity contribution >= 4 is 53.8 Å². The van der Waals surface area contributed by atoms with Gasteiger partial charge in [-0.1, -0.05) is 48.7 Å². The van der Waals surface area contributed by atoms with Crippen molar-refractivity contribution < 1.29 is 18.3 Å². The first-order valence-electron chi connectivity index (χ1n) is 11.1. The third-order valence-corrected chi connectivity index (χ3v) is 7.29. The Balaban J connectivity index is 1.42. The summed E-state index contributed by atoms with van der Waals surface area (Å²) in [7, 11) is -3.15. The van der Waals surface area contributed by atoms with Crippen molar-refractivity contribution in [3.8, 4) is 17.6 Å². The van der Waals surface area contributed by atoms with Gasteiger partial charge in [0.25, 0.3) is 0 Å². The lowest BCUT2D eigenvalue weighted by molar-refractivity contribution is -0.116. The fraction of sp³-hybridized carbons (Fsp3) is 0.280. The Kier molecular flexibility index (Phi) is 9.11. The SMILES string of the molecule is C=CS(=O)(=O)CCCCCCC(=O)Nc1cccc(NCC#Cc2cc(O)c3nc(N)sc3c2)c1. The van der Waals surface area contributed by atoms with E-state index < -0.39 is 9.84 Å². The Hall–Kier alpha value is -3.55. The van der Waals surface area contributed by atoms with E-state index in [1.807, 2.05) is 30.3 Å². The zero-order chi connectivity index (χ0) is 25.3. The average molecular weight is 513 g/mol. The van der Waals surface area contributed by atoms with E-state index in [4.69, 9.17) is 5.73 Å². The predicted molar refractivity (Wildman–Crippen MR) is 143 cm³/mol. The fourth-order valence-corrected chi connectivity index (χ4v) is 4.92. The normalized spacial score (nSPS) is 11.0. The van der Waals surface area contributed by atoms with E-state index in [1.165, 1.54) is 11.3 Å². The Morgan fingerprint density at radius 2 is 1.94 bits per heavy atom. The molecule has 1 amide bonds. The van der Waals surface area contributed by atoms with Crippen LogP contribution in [-0.4, -0.2) is 36.7 Å². The molecule has 8 nitrogen and oxygen atoms in total. The highest BCUT2D eigenvalue weighted by atomic mass is 32.2. The van der Waals surface area contributed by atoms with Gasteiger partial charge >= 0.3 is 0 Å². The molecule has 5 N–H and O–H groups in total. The third-order valence-electron chi connectivity index (χ3n) is 5.09. The van der Waals surface area contributed by atoms with E-state index in [9.17, 15) is 18.3 Å². The second-order valence-electron chi connectivity index (χ2n) is 7.88. The summed E-state index contributed by atoms with van der Waals surface area (Å²) in [6.07, 6.45) is 3.19. The molecule has 184 valence electrons. The summed E-state index contributed by atoms with van der Waals surface area (Å²) >= 11 is 1.30. The third kappa shape index (κ3) is 8.31. The summed E-state index contributed by atoms with van der Waals surface area (Å²) in [5, 5.41) is 17.5. The summed E-state index contributed by atoms with van der Waals surface area (Å²) in [4.78, 5) is 16.3. The molecule has 1 heterocycles. The van der Waals surface area contributed by atoms with Crippen LogP contribution in [0.5, 0.6) is 5.75 Å². The molecule has 0 saturated carbocycles. The highest BCUT2D eigenvalue weighted by Crippen LogP contribution is 2.31. The van der Waals surface area contributed by atoms with Crippen LogP contribution in [0.25, 0.3) is 10.2 Å². The molecule has 35 heavy (non-hydrogen) atoms. The Morgan fingerprint density at radius 1 is 1.17 bits per heavy atom. The van der Waals surface area contributed by atoms with Gasteiger partial charge in [0.1, 0.15) is 11.3 Å². The van der Waals surface area contributed by atoms with Crippen molar-refractivity contribution in [3.63, 3.8) is 0 Å². The van der Waals surface area contributed by atoms with Crippen molar-refractivity contribution in [1.29, 1.82) is 0 Å². The molecule has 3 aromatic rings. The van der Waals surface area contributed by atoms with Crippen LogP contribution in [0.3, 0.4) is 0 Å². The maximum atomic E-state index is 12.2. The van der Waals surface area contributed by atoms with Crippen LogP contribution in [0.1, 0.15) is 37.7 Å². The van der Waals surface area contributed by atoms with Gasteiger partial charge in [0.15, 0.2) is 15.0 Å². The number of fused-ring (bicyclic) bond motifs is 1. The van der Waals surface area contributed by atoms with Crippen LogP contribution in [0, 0.1) is 11.8 Å². The average Bonchev–Trinajstić information content (AvgIpc) is 3.20. The van der Waals surface area contributed by atoms with Gasteiger partial charge in [-0.05, 0) is 43.2 Å². The van der Waals surface area contributed by atoms with Crippen molar-refractivity contribution in [3.05, 3.63) is 53.9 Å². The number of hydrogen-bond acceptors (Lipinski definition) is 8. The number of anilines is 3. The zero-order valence-electron chi connectivity index (χ0n) is 19.2. The van der Waals surface area contributed by atoms with Gasteiger partial charge in [-0.25, -0.2) is 13.4 Å². The number of carbonyl (C=O) groups is 1. The van der Waals surface area contributed by atoms with E-state index in [0.717, 1.165) is 28.6 Å². The number of benzene rings is 2. The van der Waals surface area contributed by atoms with E-state index >= 15 is 0 Å². The number of sulfone groups is 1. The maximum absolute atomic E-state index is 12.2. The first-order chi connectivity index (χ1) is 16.8. The molecule has 0 saturated heterocycles. The van der Waals surface area contributed by atoms with Gasteiger partial charge in [0.05, 0.1) is 17.0 Å². The number of nitrogens with one attached hydrogen (secondary N) is 2. The largest absolute Gasteiger partial charge is 0.506 e. The predicted octanol–water partition coefficient (Wildman–Crippen LogP) is 4.50.